The summed E-state index contributed by atoms with van der Waals surface area (Å²) in [6.45, 7) is 11.6. The van der Waals surface area contributed by atoms with E-state index in [4.69, 9.17) is 9.47 Å². The Kier molecular flexibility index (Phi) is 7.97. The lowest BCUT2D eigenvalue weighted by molar-refractivity contribution is -0.206. The van der Waals surface area contributed by atoms with Gasteiger partial charge in [0.15, 0.2) is 5.78 Å². The van der Waals surface area contributed by atoms with Crippen molar-refractivity contribution in [2.24, 2.45) is 28.1 Å². The number of allylic oxidation sites excluding steroid dienone is 8. The Morgan fingerprint density at radius 2 is 1.67 bits per heavy atom. The summed E-state index contributed by atoms with van der Waals surface area (Å²) in [5.41, 5.74) is 1.26. The van der Waals surface area contributed by atoms with E-state index in [2.05, 4.69) is 13.8 Å². The minimum Gasteiger partial charge on any atom is -0.468 e. The second kappa shape index (κ2) is 10.3. The van der Waals surface area contributed by atoms with Gasteiger partial charge in [0.05, 0.1) is 7.11 Å². The largest absolute Gasteiger partial charge is 0.468 e. The van der Waals surface area contributed by atoms with Gasteiger partial charge >= 0.3 is 11.9 Å². The minimum atomic E-state index is -0.962. The van der Waals surface area contributed by atoms with Crippen molar-refractivity contribution in [2.45, 2.75) is 79.8 Å². The predicted octanol–water partition coefficient (Wildman–Crippen LogP) is 5.48. The van der Waals surface area contributed by atoms with E-state index in [1.54, 1.807) is 6.08 Å². The predicted molar refractivity (Wildman–Crippen MR) is 138 cm³/mol. The Balaban J connectivity index is 2.00. The minimum absolute atomic E-state index is 0.0631. The number of fused-ring (bicyclic) bond motifs is 3. The van der Waals surface area contributed by atoms with Gasteiger partial charge in [0.25, 0.3) is 0 Å². The fourth-order valence-corrected chi connectivity index (χ4v) is 7.80. The Morgan fingerprint density at radius 1 is 0.972 bits per heavy atom. The van der Waals surface area contributed by atoms with Gasteiger partial charge < -0.3 is 9.47 Å². The molecule has 0 aromatic rings. The van der Waals surface area contributed by atoms with Crippen LogP contribution in [0.25, 0.3) is 0 Å². The van der Waals surface area contributed by atoms with Gasteiger partial charge in [0.2, 0.25) is 0 Å². The highest BCUT2D eigenvalue weighted by atomic mass is 16.6. The maximum absolute atomic E-state index is 13.5. The lowest BCUT2D eigenvalue weighted by atomic mass is 9.42. The van der Waals surface area contributed by atoms with Crippen LogP contribution in [0.3, 0.4) is 0 Å². The molecule has 6 nitrogen and oxygen atoms in total. The molecule has 0 radical (unpaired) electrons. The molecule has 0 unspecified atom stereocenters. The number of carbonyl (C=O) groups excluding carboxylic acids is 4. The molecule has 6 heteroatoms. The lowest BCUT2D eigenvalue weighted by Gasteiger charge is -2.61. The normalized spacial score (nSPS) is 38.0. The number of methoxy groups -OCH3 is 1. The third-order valence-electron chi connectivity index (χ3n) is 9.36. The molecule has 0 saturated heterocycles. The molecule has 3 saturated carbocycles. The Hall–Kier alpha value is -2.76. The fourth-order valence-electron chi connectivity index (χ4n) is 7.80. The van der Waals surface area contributed by atoms with E-state index in [1.165, 1.54) is 20.1 Å². The molecule has 3 rings (SSSR count). The van der Waals surface area contributed by atoms with Crippen molar-refractivity contribution in [3.8, 4) is 0 Å². The number of carbonyl (C=O) groups is 4. The Bertz CT molecular complexity index is 1060. The summed E-state index contributed by atoms with van der Waals surface area (Å²) in [7, 11) is 1.39. The van der Waals surface area contributed by atoms with Crippen LogP contribution in [0, 0.1) is 28.1 Å². The number of ketones is 1. The Morgan fingerprint density at radius 3 is 2.28 bits per heavy atom. The SMILES string of the molecule is COC(=O)[C@]1(C)[C@@H]2CC[C@]3(C)\C(=C(C)/C=C/C=C(C)/C=C/C=O)C(=O)C[C@H]3[C@@]2(C)CC[C@H]1OC(C)=O. The van der Waals surface area contributed by atoms with Gasteiger partial charge in [-0.05, 0) is 75.4 Å². The first-order chi connectivity index (χ1) is 16.9. The van der Waals surface area contributed by atoms with E-state index in [-0.39, 0.29) is 34.4 Å². The number of hydrogen-bond acceptors (Lipinski definition) is 6. The van der Waals surface area contributed by atoms with Crippen LogP contribution in [0.4, 0.5) is 0 Å². The monoisotopic (exact) mass is 496 g/mol. The quantitative estimate of drug-likeness (QED) is 0.210. The van der Waals surface area contributed by atoms with Crippen molar-refractivity contribution >= 4 is 24.0 Å². The number of esters is 2. The van der Waals surface area contributed by atoms with Crippen LogP contribution in [0.2, 0.25) is 0 Å². The zero-order chi connectivity index (χ0) is 26.9. The van der Waals surface area contributed by atoms with Crippen LogP contribution in [-0.2, 0) is 28.7 Å². The van der Waals surface area contributed by atoms with Gasteiger partial charge in [-0.1, -0.05) is 43.7 Å². The summed E-state index contributed by atoms with van der Waals surface area (Å²) >= 11 is 0. The first-order valence-corrected chi connectivity index (χ1v) is 12.8. The van der Waals surface area contributed by atoms with Crippen LogP contribution in [0.5, 0.6) is 0 Å². The summed E-state index contributed by atoms with van der Waals surface area (Å²) < 4.78 is 10.9. The fraction of sp³-hybridized carbons (Fsp3) is 0.600. The van der Waals surface area contributed by atoms with Crippen LogP contribution >= 0.6 is 0 Å². The third kappa shape index (κ3) is 4.55. The molecule has 3 aliphatic rings. The number of aldehydes is 1. The van der Waals surface area contributed by atoms with Crippen molar-refractivity contribution in [3.63, 3.8) is 0 Å². The first kappa shape index (κ1) is 27.8. The molecular formula is C30H40O6. The maximum atomic E-state index is 13.5. The first-order valence-electron chi connectivity index (χ1n) is 12.8. The number of hydrogen-bond donors (Lipinski definition) is 0. The van der Waals surface area contributed by atoms with Crippen LogP contribution in [0.1, 0.15) is 73.6 Å². The van der Waals surface area contributed by atoms with E-state index in [0.717, 1.165) is 42.3 Å². The van der Waals surface area contributed by atoms with E-state index in [1.807, 2.05) is 39.0 Å². The van der Waals surface area contributed by atoms with E-state index in [9.17, 15) is 19.2 Å². The van der Waals surface area contributed by atoms with Crippen molar-refractivity contribution in [1.29, 1.82) is 0 Å². The highest BCUT2D eigenvalue weighted by Gasteiger charge is 2.68. The van der Waals surface area contributed by atoms with Gasteiger partial charge in [-0.15, -0.1) is 0 Å². The topological polar surface area (TPSA) is 86.7 Å². The van der Waals surface area contributed by atoms with E-state index >= 15 is 0 Å². The number of rotatable bonds is 6. The van der Waals surface area contributed by atoms with Gasteiger partial charge in [0, 0.05) is 24.3 Å². The molecule has 0 heterocycles. The molecule has 0 amide bonds. The van der Waals surface area contributed by atoms with Gasteiger partial charge in [-0.2, -0.15) is 0 Å². The van der Waals surface area contributed by atoms with Crippen molar-refractivity contribution in [2.75, 3.05) is 7.11 Å². The third-order valence-corrected chi connectivity index (χ3v) is 9.36. The molecule has 0 N–H and O–H groups in total. The molecule has 0 aromatic carbocycles. The molecule has 0 aromatic heterocycles. The molecule has 0 aliphatic heterocycles. The summed E-state index contributed by atoms with van der Waals surface area (Å²) in [4.78, 5) is 49.1. The second-order valence-corrected chi connectivity index (χ2v) is 11.4. The zero-order valence-electron chi connectivity index (χ0n) is 22.7. The van der Waals surface area contributed by atoms with Crippen molar-refractivity contribution < 1.29 is 28.7 Å². The van der Waals surface area contributed by atoms with Crippen LogP contribution in [-0.4, -0.2) is 37.2 Å². The number of Topliss-reactive ketones (excluding diaryl/α,β-unsaturated/α-hetero) is 1. The van der Waals surface area contributed by atoms with Gasteiger partial charge in [0.1, 0.15) is 17.8 Å². The average Bonchev–Trinajstić information content (AvgIpc) is 3.10. The average molecular weight is 497 g/mol. The standard InChI is InChI=1S/C30H40O6/c1-19(11-9-17-31)10-8-12-20(2)26-22(33)18-24-28(4)16-14-25(36-21(3)32)30(6,27(34)35-7)23(28)13-15-29(24,26)5/h8-12,17,23-25H,13-16,18H2,1-7H3/b11-9+,12-8+,19-10+,26-20-/t23-,24+,25-,28+,29+,30-/m1/s1. The molecule has 6 atom stereocenters. The zero-order valence-corrected chi connectivity index (χ0v) is 22.7. The summed E-state index contributed by atoms with van der Waals surface area (Å²) in [5.74, 6) is -0.543. The van der Waals surface area contributed by atoms with E-state index in [0.29, 0.717) is 12.8 Å². The van der Waals surface area contributed by atoms with Crippen LogP contribution < -0.4 is 0 Å². The summed E-state index contributed by atoms with van der Waals surface area (Å²) in [6.07, 6.45) is 12.5. The Labute approximate surface area is 214 Å². The number of ether oxygens (including phenoxy) is 2. The highest BCUT2D eigenvalue weighted by molar-refractivity contribution is 6.01. The highest BCUT2D eigenvalue weighted by Crippen LogP contribution is 2.69. The smallest absolute Gasteiger partial charge is 0.315 e. The second-order valence-electron chi connectivity index (χ2n) is 11.4. The molecular weight excluding hydrogens is 456 g/mol. The van der Waals surface area contributed by atoms with Gasteiger partial charge in [-0.3, -0.25) is 19.2 Å². The van der Waals surface area contributed by atoms with E-state index < -0.39 is 17.5 Å². The van der Waals surface area contributed by atoms with Crippen LogP contribution in [0.15, 0.2) is 47.1 Å². The molecule has 36 heavy (non-hydrogen) atoms. The summed E-state index contributed by atoms with van der Waals surface area (Å²) in [5, 5.41) is 0. The molecule has 3 fully saturated rings. The van der Waals surface area contributed by atoms with Gasteiger partial charge in [-0.25, -0.2) is 0 Å². The van der Waals surface area contributed by atoms with Crippen molar-refractivity contribution in [1.82, 2.24) is 0 Å². The van der Waals surface area contributed by atoms with Crippen molar-refractivity contribution in [3.05, 3.63) is 47.1 Å². The molecule has 0 bridgehead atoms. The molecule has 3 aliphatic carbocycles. The maximum Gasteiger partial charge on any atom is 0.315 e. The summed E-state index contributed by atoms with van der Waals surface area (Å²) in [6, 6.07) is 0. The lowest BCUT2D eigenvalue weighted by Crippen LogP contribution is -2.62. The molecule has 196 valence electrons. The molecule has 0 spiro atoms.